The van der Waals surface area contributed by atoms with Gasteiger partial charge in [-0.2, -0.15) is 0 Å². The van der Waals surface area contributed by atoms with Crippen LogP contribution in [0.3, 0.4) is 0 Å². The molecule has 1 heterocycles. The van der Waals surface area contributed by atoms with Crippen molar-refractivity contribution < 1.29 is 0 Å². The first-order valence-electron chi connectivity index (χ1n) is 7.33. The summed E-state index contributed by atoms with van der Waals surface area (Å²) in [5, 5.41) is 3.61. The first kappa shape index (κ1) is 13.4. The standard InChI is InChI=1S/C16H26N2/c1-3-14(2)12-17-16-9-5-4-8-15(16)13-18-10-6-7-11-18/h4-5,8-9,14,17H,3,6-7,10-13H2,1-2H3. The van der Waals surface area contributed by atoms with Crippen LogP contribution in [0.5, 0.6) is 0 Å². The number of para-hydroxylation sites is 1. The molecule has 1 N–H and O–H groups in total. The van der Waals surface area contributed by atoms with Crippen molar-refractivity contribution in [1.29, 1.82) is 0 Å². The first-order valence-corrected chi connectivity index (χ1v) is 7.33. The van der Waals surface area contributed by atoms with Gasteiger partial charge >= 0.3 is 0 Å². The third-order valence-electron chi connectivity index (χ3n) is 3.95. The lowest BCUT2D eigenvalue weighted by Gasteiger charge is -2.19. The molecule has 18 heavy (non-hydrogen) atoms. The molecule has 1 aromatic carbocycles. The molecule has 1 saturated heterocycles. The lowest BCUT2D eigenvalue weighted by Crippen LogP contribution is -2.20. The van der Waals surface area contributed by atoms with E-state index in [1.54, 1.807) is 0 Å². The Morgan fingerprint density at radius 1 is 1.22 bits per heavy atom. The summed E-state index contributed by atoms with van der Waals surface area (Å²) in [5.74, 6) is 0.741. The van der Waals surface area contributed by atoms with Gasteiger partial charge in [0, 0.05) is 18.8 Å². The van der Waals surface area contributed by atoms with Gasteiger partial charge in [0.05, 0.1) is 0 Å². The fraction of sp³-hybridized carbons (Fsp3) is 0.625. The Morgan fingerprint density at radius 2 is 1.94 bits per heavy atom. The highest BCUT2D eigenvalue weighted by Gasteiger charge is 2.13. The number of anilines is 1. The van der Waals surface area contributed by atoms with Gasteiger partial charge in [-0.05, 0) is 43.5 Å². The van der Waals surface area contributed by atoms with Crippen LogP contribution < -0.4 is 5.32 Å². The molecule has 1 unspecified atom stereocenters. The number of hydrogen-bond donors (Lipinski definition) is 1. The van der Waals surface area contributed by atoms with Crippen LogP contribution in [0.4, 0.5) is 5.69 Å². The fourth-order valence-corrected chi connectivity index (χ4v) is 2.44. The van der Waals surface area contributed by atoms with Crippen LogP contribution in [0, 0.1) is 5.92 Å². The van der Waals surface area contributed by atoms with Gasteiger partial charge in [0.15, 0.2) is 0 Å². The summed E-state index contributed by atoms with van der Waals surface area (Å²) in [5.41, 5.74) is 2.77. The lowest BCUT2D eigenvalue weighted by atomic mass is 10.1. The van der Waals surface area contributed by atoms with E-state index in [1.165, 1.54) is 43.6 Å². The quantitative estimate of drug-likeness (QED) is 0.822. The predicted octanol–water partition coefficient (Wildman–Crippen LogP) is 3.74. The SMILES string of the molecule is CCC(C)CNc1ccccc1CN1CCCC1. The van der Waals surface area contributed by atoms with Crippen LogP contribution in [0.15, 0.2) is 24.3 Å². The average Bonchev–Trinajstić information content (AvgIpc) is 2.90. The summed E-state index contributed by atoms with van der Waals surface area (Å²) < 4.78 is 0. The maximum Gasteiger partial charge on any atom is 0.0385 e. The lowest BCUT2D eigenvalue weighted by molar-refractivity contribution is 0.332. The third-order valence-corrected chi connectivity index (χ3v) is 3.95. The van der Waals surface area contributed by atoms with E-state index in [4.69, 9.17) is 0 Å². The number of nitrogens with one attached hydrogen (secondary N) is 1. The van der Waals surface area contributed by atoms with E-state index in [2.05, 4.69) is 48.3 Å². The molecule has 1 fully saturated rings. The van der Waals surface area contributed by atoms with E-state index in [9.17, 15) is 0 Å². The molecule has 0 radical (unpaired) electrons. The van der Waals surface area contributed by atoms with Crippen LogP contribution in [0.1, 0.15) is 38.7 Å². The van der Waals surface area contributed by atoms with Crippen molar-refractivity contribution in [3.05, 3.63) is 29.8 Å². The number of likely N-dealkylation sites (tertiary alicyclic amines) is 1. The monoisotopic (exact) mass is 246 g/mol. The minimum absolute atomic E-state index is 0.741. The Morgan fingerprint density at radius 3 is 2.67 bits per heavy atom. The fourth-order valence-electron chi connectivity index (χ4n) is 2.44. The summed E-state index contributed by atoms with van der Waals surface area (Å²) in [7, 11) is 0. The number of nitrogens with zero attached hydrogens (tertiary/aromatic N) is 1. The smallest absolute Gasteiger partial charge is 0.0385 e. The van der Waals surface area contributed by atoms with Crippen molar-refractivity contribution >= 4 is 5.69 Å². The van der Waals surface area contributed by atoms with Crippen LogP contribution >= 0.6 is 0 Å². The highest BCUT2D eigenvalue weighted by atomic mass is 15.1. The Balaban J connectivity index is 1.95. The van der Waals surface area contributed by atoms with Crippen molar-refractivity contribution in [2.75, 3.05) is 25.0 Å². The van der Waals surface area contributed by atoms with E-state index >= 15 is 0 Å². The van der Waals surface area contributed by atoms with Gasteiger partial charge in [-0.3, -0.25) is 4.90 Å². The molecule has 100 valence electrons. The molecule has 2 heteroatoms. The molecule has 0 spiro atoms. The van der Waals surface area contributed by atoms with E-state index in [1.807, 2.05) is 0 Å². The van der Waals surface area contributed by atoms with Crippen molar-refractivity contribution in [2.45, 2.75) is 39.7 Å². The second-order valence-corrected chi connectivity index (χ2v) is 5.53. The average molecular weight is 246 g/mol. The highest BCUT2D eigenvalue weighted by molar-refractivity contribution is 5.51. The second-order valence-electron chi connectivity index (χ2n) is 5.53. The molecule has 2 nitrogen and oxygen atoms in total. The molecule has 1 aliphatic rings. The van der Waals surface area contributed by atoms with E-state index in [0.717, 1.165) is 19.0 Å². The number of benzene rings is 1. The molecule has 0 aromatic heterocycles. The minimum Gasteiger partial charge on any atom is -0.385 e. The van der Waals surface area contributed by atoms with E-state index in [-0.39, 0.29) is 0 Å². The maximum atomic E-state index is 3.61. The van der Waals surface area contributed by atoms with Gasteiger partial charge in [0.25, 0.3) is 0 Å². The van der Waals surface area contributed by atoms with Crippen molar-refractivity contribution in [3.63, 3.8) is 0 Å². The summed E-state index contributed by atoms with van der Waals surface area (Å²) in [6.07, 6.45) is 3.96. The number of hydrogen-bond acceptors (Lipinski definition) is 2. The Labute approximate surface area is 111 Å². The molecule has 2 rings (SSSR count). The minimum atomic E-state index is 0.741. The molecule has 1 aliphatic heterocycles. The summed E-state index contributed by atoms with van der Waals surface area (Å²) in [6.45, 7) is 9.26. The molecule has 0 aliphatic carbocycles. The predicted molar refractivity (Wildman–Crippen MR) is 78.9 cm³/mol. The van der Waals surface area contributed by atoms with Crippen LogP contribution in [-0.4, -0.2) is 24.5 Å². The zero-order chi connectivity index (χ0) is 12.8. The van der Waals surface area contributed by atoms with E-state index in [0.29, 0.717) is 0 Å². The van der Waals surface area contributed by atoms with Crippen LogP contribution in [0.2, 0.25) is 0 Å². The molecule has 0 saturated carbocycles. The van der Waals surface area contributed by atoms with Gasteiger partial charge < -0.3 is 5.32 Å². The maximum absolute atomic E-state index is 3.61. The molecule has 0 amide bonds. The first-order chi connectivity index (χ1) is 8.79. The largest absolute Gasteiger partial charge is 0.385 e. The summed E-state index contributed by atoms with van der Waals surface area (Å²) in [4.78, 5) is 2.56. The van der Waals surface area contributed by atoms with Crippen LogP contribution in [0.25, 0.3) is 0 Å². The molecule has 1 aromatic rings. The van der Waals surface area contributed by atoms with Crippen molar-refractivity contribution in [2.24, 2.45) is 5.92 Å². The van der Waals surface area contributed by atoms with Gasteiger partial charge in [-0.1, -0.05) is 38.5 Å². The Bertz CT molecular complexity index is 356. The van der Waals surface area contributed by atoms with Crippen LogP contribution in [-0.2, 0) is 6.54 Å². The Kier molecular flexibility index (Phi) is 5.06. The van der Waals surface area contributed by atoms with Gasteiger partial charge in [-0.15, -0.1) is 0 Å². The van der Waals surface area contributed by atoms with Gasteiger partial charge in [-0.25, -0.2) is 0 Å². The molecular formula is C16H26N2. The zero-order valence-electron chi connectivity index (χ0n) is 11.8. The summed E-state index contributed by atoms with van der Waals surface area (Å²) in [6, 6.07) is 8.76. The third kappa shape index (κ3) is 3.74. The number of rotatable bonds is 6. The van der Waals surface area contributed by atoms with Gasteiger partial charge in [0.2, 0.25) is 0 Å². The Hall–Kier alpha value is -1.02. The van der Waals surface area contributed by atoms with E-state index < -0.39 is 0 Å². The van der Waals surface area contributed by atoms with Gasteiger partial charge in [0.1, 0.15) is 0 Å². The summed E-state index contributed by atoms with van der Waals surface area (Å²) >= 11 is 0. The normalized spacial score (nSPS) is 17.9. The van der Waals surface area contributed by atoms with Crippen molar-refractivity contribution in [3.8, 4) is 0 Å². The molecular weight excluding hydrogens is 220 g/mol. The molecule has 0 bridgehead atoms. The zero-order valence-corrected chi connectivity index (χ0v) is 11.8. The topological polar surface area (TPSA) is 15.3 Å². The highest BCUT2D eigenvalue weighted by Crippen LogP contribution is 2.20. The van der Waals surface area contributed by atoms with Crippen molar-refractivity contribution in [1.82, 2.24) is 4.90 Å². The second kappa shape index (κ2) is 6.79. The molecule has 1 atom stereocenters.